The van der Waals surface area contributed by atoms with Crippen LogP contribution in [0.25, 0.3) is 0 Å². The number of ether oxygens (including phenoxy) is 1. The van der Waals surface area contributed by atoms with Gasteiger partial charge in [0.25, 0.3) is 0 Å². The van der Waals surface area contributed by atoms with Gasteiger partial charge >= 0.3 is 0 Å². The van der Waals surface area contributed by atoms with Gasteiger partial charge in [-0.05, 0) is 42.3 Å². The molecule has 0 bridgehead atoms. The quantitative estimate of drug-likeness (QED) is 0.726. The first-order chi connectivity index (χ1) is 11.7. The molecule has 1 aliphatic heterocycles. The van der Waals surface area contributed by atoms with Crippen molar-refractivity contribution in [3.63, 3.8) is 0 Å². The molecule has 0 aliphatic carbocycles. The molecular formula is C17H13ClFN3O2. The van der Waals surface area contributed by atoms with E-state index in [1.54, 1.807) is 12.1 Å². The highest BCUT2D eigenvalue weighted by Gasteiger charge is 2.26. The zero-order valence-electron chi connectivity index (χ0n) is 12.6. The Morgan fingerprint density at radius 2 is 2.17 bits per heavy atom. The first-order valence-corrected chi connectivity index (χ1v) is 7.89. The molecule has 0 N–H and O–H groups in total. The van der Waals surface area contributed by atoms with Gasteiger partial charge in [0.1, 0.15) is 18.2 Å². The zero-order chi connectivity index (χ0) is 16.5. The molecule has 0 fully saturated rings. The van der Waals surface area contributed by atoms with Crippen LogP contribution < -0.4 is 4.74 Å². The molecule has 7 heteroatoms. The number of fused-ring (bicyclic) bond motifs is 1. The Kier molecular flexibility index (Phi) is 3.90. The van der Waals surface area contributed by atoms with Crippen LogP contribution >= 0.6 is 11.6 Å². The van der Waals surface area contributed by atoms with Crippen LogP contribution in [0.15, 0.2) is 41.1 Å². The summed E-state index contributed by atoms with van der Waals surface area (Å²) in [7, 11) is 0. The Hall–Kier alpha value is -2.47. The minimum atomic E-state index is -0.371. The summed E-state index contributed by atoms with van der Waals surface area (Å²) in [5.41, 5.74) is 1.71. The van der Waals surface area contributed by atoms with Gasteiger partial charge in [0, 0.05) is 10.7 Å². The molecule has 4 rings (SSSR count). The molecule has 1 atom stereocenters. The maximum absolute atomic E-state index is 12.9. The lowest BCUT2D eigenvalue weighted by Crippen LogP contribution is -2.19. The van der Waals surface area contributed by atoms with Crippen LogP contribution in [0.2, 0.25) is 5.02 Å². The summed E-state index contributed by atoms with van der Waals surface area (Å²) >= 11 is 6.04. The molecule has 3 heterocycles. The number of hydrogen-bond acceptors (Lipinski definition) is 5. The average molecular weight is 346 g/mol. The fourth-order valence-corrected chi connectivity index (χ4v) is 2.89. The monoisotopic (exact) mass is 345 g/mol. The van der Waals surface area contributed by atoms with Gasteiger partial charge in [-0.1, -0.05) is 16.8 Å². The average Bonchev–Trinajstić information content (AvgIpc) is 3.05. The number of benzene rings is 1. The van der Waals surface area contributed by atoms with E-state index in [1.807, 2.05) is 12.1 Å². The van der Waals surface area contributed by atoms with E-state index in [-0.39, 0.29) is 11.7 Å². The van der Waals surface area contributed by atoms with Gasteiger partial charge in [-0.15, -0.1) is 0 Å². The van der Waals surface area contributed by atoms with Crippen LogP contribution in [0.4, 0.5) is 4.39 Å². The summed E-state index contributed by atoms with van der Waals surface area (Å²) < 4.78 is 24.0. The van der Waals surface area contributed by atoms with Gasteiger partial charge in [0.15, 0.2) is 5.82 Å². The Morgan fingerprint density at radius 1 is 1.25 bits per heavy atom. The van der Waals surface area contributed by atoms with Gasteiger partial charge < -0.3 is 9.26 Å². The van der Waals surface area contributed by atoms with Crippen molar-refractivity contribution in [1.82, 2.24) is 15.1 Å². The lowest BCUT2D eigenvalue weighted by atomic mass is 9.97. The standard InChI is InChI=1S/C17H13ClFN3O2/c18-12-1-4-15-10(6-12)5-11(9-23-15)17-21-16(22-24-17)7-14-3-2-13(19)8-20-14/h1-4,6,8,11H,5,7,9H2. The number of halogens is 2. The second-order valence-corrected chi connectivity index (χ2v) is 6.09. The molecule has 1 aromatic carbocycles. The molecular weight excluding hydrogens is 333 g/mol. The van der Waals surface area contributed by atoms with Crippen LogP contribution in [0.3, 0.4) is 0 Å². The summed E-state index contributed by atoms with van der Waals surface area (Å²) in [6, 6.07) is 8.53. The minimum Gasteiger partial charge on any atom is -0.492 e. The third-order valence-corrected chi connectivity index (χ3v) is 4.12. The predicted octanol–water partition coefficient (Wildman–Crippen LogP) is 3.57. The molecule has 0 saturated carbocycles. The number of nitrogens with zero attached hydrogens (tertiary/aromatic N) is 3. The van der Waals surface area contributed by atoms with Crippen LogP contribution in [-0.4, -0.2) is 21.7 Å². The van der Waals surface area contributed by atoms with Crippen molar-refractivity contribution in [2.75, 3.05) is 6.61 Å². The van der Waals surface area contributed by atoms with E-state index in [9.17, 15) is 4.39 Å². The van der Waals surface area contributed by atoms with E-state index in [4.69, 9.17) is 20.9 Å². The maximum Gasteiger partial charge on any atom is 0.233 e. The minimum absolute atomic E-state index is 0.0154. The Balaban J connectivity index is 1.50. The van der Waals surface area contributed by atoms with Gasteiger partial charge in [-0.25, -0.2) is 4.39 Å². The molecule has 1 aliphatic rings. The first-order valence-electron chi connectivity index (χ1n) is 7.51. The predicted molar refractivity (Wildman–Crippen MR) is 84.7 cm³/mol. The van der Waals surface area contributed by atoms with E-state index in [0.717, 1.165) is 17.7 Å². The molecule has 2 aromatic heterocycles. The summed E-state index contributed by atoms with van der Waals surface area (Å²) in [5.74, 6) is 1.49. The second-order valence-electron chi connectivity index (χ2n) is 5.66. The third-order valence-electron chi connectivity index (χ3n) is 3.89. The SMILES string of the molecule is Fc1ccc(Cc2noc(C3COc4ccc(Cl)cc4C3)n2)nc1. The number of pyridine rings is 1. The van der Waals surface area contributed by atoms with E-state index in [0.29, 0.717) is 35.5 Å². The highest BCUT2D eigenvalue weighted by Crippen LogP contribution is 2.33. The van der Waals surface area contributed by atoms with Crippen molar-refractivity contribution in [3.8, 4) is 5.75 Å². The van der Waals surface area contributed by atoms with Gasteiger partial charge in [-0.3, -0.25) is 4.98 Å². The lowest BCUT2D eigenvalue weighted by molar-refractivity contribution is 0.230. The molecule has 5 nitrogen and oxygen atoms in total. The maximum atomic E-state index is 12.9. The Bertz CT molecular complexity index is 867. The summed E-state index contributed by atoms with van der Waals surface area (Å²) in [6.07, 6.45) is 2.29. The fourth-order valence-electron chi connectivity index (χ4n) is 2.70. The van der Waals surface area contributed by atoms with Crippen LogP contribution in [0, 0.1) is 5.82 Å². The Morgan fingerprint density at radius 3 is 3.00 bits per heavy atom. The highest BCUT2D eigenvalue weighted by atomic mass is 35.5. The normalized spacial score (nSPS) is 16.5. The topological polar surface area (TPSA) is 61.0 Å². The largest absolute Gasteiger partial charge is 0.492 e. The highest BCUT2D eigenvalue weighted by molar-refractivity contribution is 6.30. The first kappa shape index (κ1) is 15.1. The smallest absolute Gasteiger partial charge is 0.233 e. The Labute approximate surface area is 142 Å². The summed E-state index contributed by atoms with van der Waals surface area (Å²) in [4.78, 5) is 8.42. The molecule has 1 unspecified atom stereocenters. The van der Waals surface area contributed by atoms with Crippen molar-refractivity contribution in [2.24, 2.45) is 0 Å². The van der Waals surface area contributed by atoms with E-state index in [1.165, 1.54) is 12.3 Å². The fraction of sp³-hybridized carbons (Fsp3) is 0.235. The molecule has 3 aromatic rings. The molecule has 0 spiro atoms. The van der Waals surface area contributed by atoms with Crippen LogP contribution in [0.1, 0.15) is 28.9 Å². The van der Waals surface area contributed by atoms with Gasteiger partial charge in [0.05, 0.1) is 18.5 Å². The summed E-state index contributed by atoms with van der Waals surface area (Å²) in [6.45, 7) is 0.477. The van der Waals surface area contributed by atoms with Gasteiger partial charge in [-0.2, -0.15) is 4.98 Å². The van der Waals surface area contributed by atoms with Crippen molar-refractivity contribution in [3.05, 3.63) is 70.3 Å². The molecule has 0 saturated heterocycles. The molecule has 24 heavy (non-hydrogen) atoms. The number of hydrogen-bond donors (Lipinski definition) is 0. The van der Waals surface area contributed by atoms with Crippen LogP contribution in [0.5, 0.6) is 5.75 Å². The molecule has 0 radical (unpaired) electrons. The van der Waals surface area contributed by atoms with E-state index < -0.39 is 0 Å². The zero-order valence-corrected chi connectivity index (χ0v) is 13.3. The van der Waals surface area contributed by atoms with E-state index in [2.05, 4.69) is 15.1 Å². The second kappa shape index (κ2) is 6.20. The van der Waals surface area contributed by atoms with Crippen molar-refractivity contribution >= 4 is 11.6 Å². The molecule has 0 amide bonds. The summed E-state index contributed by atoms with van der Waals surface area (Å²) in [5, 5.41) is 4.65. The lowest BCUT2D eigenvalue weighted by Gasteiger charge is -2.22. The number of rotatable bonds is 3. The van der Waals surface area contributed by atoms with Crippen LogP contribution in [-0.2, 0) is 12.8 Å². The van der Waals surface area contributed by atoms with Crippen molar-refractivity contribution in [2.45, 2.75) is 18.8 Å². The third kappa shape index (κ3) is 3.10. The number of aromatic nitrogens is 3. The van der Waals surface area contributed by atoms with Crippen molar-refractivity contribution in [1.29, 1.82) is 0 Å². The van der Waals surface area contributed by atoms with E-state index >= 15 is 0 Å². The van der Waals surface area contributed by atoms with Crippen molar-refractivity contribution < 1.29 is 13.7 Å². The van der Waals surface area contributed by atoms with Gasteiger partial charge in [0.2, 0.25) is 5.89 Å². The molecule has 122 valence electrons.